The lowest BCUT2D eigenvalue weighted by molar-refractivity contribution is -0.121. The lowest BCUT2D eigenvalue weighted by atomic mass is 9.48. The van der Waals surface area contributed by atoms with Gasteiger partial charge in [0.25, 0.3) is 0 Å². The van der Waals surface area contributed by atoms with Crippen molar-refractivity contribution in [2.24, 2.45) is 23.2 Å². The first-order valence-corrected chi connectivity index (χ1v) is 10.1. The van der Waals surface area contributed by atoms with E-state index in [9.17, 15) is 4.79 Å². The third kappa shape index (κ3) is 3.20. The molecule has 4 aliphatic carbocycles. The molecule has 4 aliphatic rings. The third-order valence-electron chi connectivity index (χ3n) is 6.66. The second-order valence-corrected chi connectivity index (χ2v) is 9.31. The summed E-state index contributed by atoms with van der Waals surface area (Å²) in [5.41, 5.74) is 1.42. The summed E-state index contributed by atoms with van der Waals surface area (Å²) in [5.74, 6) is 2.82. The van der Waals surface area contributed by atoms with Gasteiger partial charge in [-0.25, -0.2) is 0 Å². The predicted molar refractivity (Wildman–Crippen MR) is 101 cm³/mol. The largest absolute Gasteiger partial charge is 0.350 e. The minimum atomic E-state index is 0.0427. The van der Waals surface area contributed by atoms with Crippen LogP contribution in [0.2, 0.25) is 0 Å². The molecule has 0 heterocycles. The Morgan fingerprint density at radius 1 is 1.12 bits per heavy atom. The molecule has 1 N–H and O–H groups in total. The van der Waals surface area contributed by atoms with Gasteiger partial charge in [0.15, 0.2) is 0 Å². The van der Waals surface area contributed by atoms with Crippen molar-refractivity contribution in [1.82, 2.24) is 5.32 Å². The van der Waals surface area contributed by atoms with Crippen LogP contribution in [0.15, 0.2) is 34.8 Å². The summed E-state index contributed by atoms with van der Waals surface area (Å²) >= 11 is 3.43. The molecule has 0 aliphatic heterocycles. The molecule has 3 heteroatoms. The fourth-order valence-electron chi connectivity index (χ4n) is 5.87. The Morgan fingerprint density at radius 3 is 2.21 bits per heavy atom. The van der Waals surface area contributed by atoms with E-state index in [1.54, 1.807) is 6.08 Å². The van der Waals surface area contributed by atoms with Crippen molar-refractivity contribution in [3.05, 3.63) is 40.4 Å². The zero-order valence-corrected chi connectivity index (χ0v) is 15.9. The van der Waals surface area contributed by atoms with E-state index in [0.29, 0.717) is 5.41 Å². The standard InChI is InChI=1S/C21H26BrNO/c1-14(21-11-16-8-17(12-21)10-18(9-16)13-21)23-20(24)7-4-15-2-5-19(22)6-3-15/h2-7,14,16-18H,8-13H2,1H3,(H,23,24)/b7-4+. The van der Waals surface area contributed by atoms with Gasteiger partial charge >= 0.3 is 0 Å². The Kier molecular flexibility index (Phi) is 4.32. The van der Waals surface area contributed by atoms with Gasteiger partial charge in [0.1, 0.15) is 0 Å². The van der Waals surface area contributed by atoms with Crippen LogP contribution in [0.1, 0.15) is 51.0 Å². The highest BCUT2D eigenvalue weighted by molar-refractivity contribution is 9.10. The number of amides is 1. The Bertz CT molecular complexity index is 613. The normalized spacial score (nSPS) is 35.3. The first kappa shape index (κ1) is 16.4. The number of rotatable bonds is 4. The van der Waals surface area contributed by atoms with Gasteiger partial charge in [-0.2, -0.15) is 0 Å². The summed E-state index contributed by atoms with van der Waals surface area (Å²) in [6, 6.07) is 8.30. The fourth-order valence-corrected chi connectivity index (χ4v) is 6.13. The van der Waals surface area contributed by atoms with E-state index in [2.05, 4.69) is 28.2 Å². The van der Waals surface area contributed by atoms with Gasteiger partial charge < -0.3 is 5.32 Å². The van der Waals surface area contributed by atoms with Gasteiger partial charge in [0, 0.05) is 16.6 Å². The van der Waals surface area contributed by atoms with E-state index in [0.717, 1.165) is 27.8 Å². The highest BCUT2D eigenvalue weighted by Crippen LogP contribution is 2.61. The smallest absolute Gasteiger partial charge is 0.244 e. The second-order valence-electron chi connectivity index (χ2n) is 8.40. The van der Waals surface area contributed by atoms with Gasteiger partial charge in [-0.1, -0.05) is 28.1 Å². The van der Waals surface area contributed by atoms with Gasteiger partial charge in [0.2, 0.25) is 5.91 Å². The SMILES string of the molecule is CC(NC(=O)/C=C/c1ccc(Br)cc1)C12CC3CC(CC(C3)C1)C2. The number of hydrogen-bond donors (Lipinski definition) is 1. The minimum Gasteiger partial charge on any atom is -0.350 e. The van der Waals surface area contributed by atoms with E-state index < -0.39 is 0 Å². The van der Waals surface area contributed by atoms with Crippen LogP contribution in [0.3, 0.4) is 0 Å². The first-order chi connectivity index (χ1) is 11.5. The molecular formula is C21H26BrNO. The zero-order valence-electron chi connectivity index (χ0n) is 14.3. The van der Waals surface area contributed by atoms with E-state index in [1.807, 2.05) is 30.3 Å². The van der Waals surface area contributed by atoms with Crippen LogP contribution in [0, 0.1) is 23.2 Å². The van der Waals surface area contributed by atoms with Gasteiger partial charge in [-0.05, 0) is 92.4 Å². The average Bonchev–Trinajstić information content (AvgIpc) is 2.53. The molecule has 0 spiro atoms. The molecule has 0 aromatic heterocycles. The molecule has 0 saturated heterocycles. The molecule has 1 aromatic rings. The minimum absolute atomic E-state index is 0.0427. The van der Waals surface area contributed by atoms with Crippen LogP contribution < -0.4 is 5.32 Å². The maximum Gasteiger partial charge on any atom is 0.244 e. The van der Waals surface area contributed by atoms with Gasteiger partial charge in [-0.3, -0.25) is 4.79 Å². The summed E-state index contributed by atoms with van der Waals surface area (Å²) in [7, 11) is 0. The number of benzene rings is 1. The van der Waals surface area contributed by atoms with Crippen molar-refractivity contribution in [1.29, 1.82) is 0 Å². The molecule has 0 radical (unpaired) electrons. The highest BCUT2D eigenvalue weighted by atomic mass is 79.9. The molecule has 1 atom stereocenters. The molecule has 1 amide bonds. The highest BCUT2D eigenvalue weighted by Gasteiger charge is 2.53. The Labute approximate surface area is 153 Å². The van der Waals surface area contributed by atoms with Crippen molar-refractivity contribution >= 4 is 27.9 Å². The molecule has 1 unspecified atom stereocenters. The summed E-state index contributed by atoms with van der Waals surface area (Å²) in [4.78, 5) is 12.4. The van der Waals surface area contributed by atoms with Crippen LogP contribution in [-0.4, -0.2) is 11.9 Å². The van der Waals surface area contributed by atoms with Crippen LogP contribution >= 0.6 is 15.9 Å². The molecule has 2 nitrogen and oxygen atoms in total. The van der Waals surface area contributed by atoms with Crippen molar-refractivity contribution in [3.8, 4) is 0 Å². The quantitative estimate of drug-likeness (QED) is 0.708. The van der Waals surface area contributed by atoms with Crippen molar-refractivity contribution < 1.29 is 4.79 Å². The Balaban J connectivity index is 1.39. The predicted octanol–water partition coefficient (Wildman–Crippen LogP) is 5.18. The van der Waals surface area contributed by atoms with Crippen LogP contribution in [0.5, 0.6) is 0 Å². The molecule has 4 saturated carbocycles. The number of nitrogens with one attached hydrogen (secondary N) is 1. The van der Waals surface area contributed by atoms with Gasteiger partial charge in [0.05, 0.1) is 0 Å². The maximum atomic E-state index is 12.4. The van der Waals surface area contributed by atoms with Crippen LogP contribution in [0.25, 0.3) is 6.08 Å². The number of hydrogen-bond acceptors (Lipinski definition) is 1. The van der Waals surface area contributed by atoms with E-state index in [4.69, 9.17) is 0 Å². The lowest BCUT2D eigenvalue weighted by Gasteiger charge is -2.59. The van der Waals surface area contributed by atoms with Crippen LogP contribution in [0.4, 0.5) is 0 Å². The summed E-state index contributed by atoms with van der Waals surface area (Å²) in [6.07, 6.45) is 11.9. The van der Waals surface area contributed by atoms with E-state index >= 15 is 0 Å². The van der Waals surface area contributed by atoms with Crippen molar-refractivity contribution in [2.75, 3.05) is 0 Å². The molecule has 5 rings (SSSR count). The Morgan fingerprint density at radius 2 is 1.67 bits per heavy atom. The van der Waals surface area contributed by atoms with Crippen molar-refractivity contribution in [2.45, 2.75) is 51.5 Å². The summed E-state index contributed by atoms with van der Waals surface area (Å²) in [5, 5.41) is 3.28. The molecule has 4 bridgehead atoms. The van der Waals surface area contributed by atoms with E-state index in [-0.39, 0.29) is 11.9 Å². The lowest BCUT2D eigenvalue weighted by Crippen LogP contribution is -2.55. The summed E-state index contributed by atoms with van der Waals surface area (Å²) in [6.45, 7) is 2.23. The monoisotopic (exact) mass is 387 g/mol. The molecule has 4 fully saturated rings. The molecule has 128 valence electrons. The van der Waals surface area contributed by atoms with E-state index in [1.165, 1.54) is 38.5 Å². The second kappa shape index (κ2) is 6.33. The van der Waals surface area contributed by atoms with Crippen molar-refractivity contribution in [3.63, 3.8) is 0 Å². The molecular weight excluding hydrogens is 362 g/mol. The summed E-state index contributed by atoms with van der Waals surface area (Å²) < 4.78 is 1.06. The molecule has 1 aromatic carbocycles. The maximum absolute atomic E-state index is 12.4. The topological polar surface area (TPSA) is 29.1 Å². The number of halogens is 1. The average molecular weight is 388 g/mol. The fraction of sp³-hybridized carbons (Fsp3) is 0.571. The van der Waals surface area contributed by atoms with Gasteiger partial charge in [-0.15, -0.1) is 0 Å². The molecule has 24 heavy (non-hydrogen) atoms. The Hall–Kier alpha value is -1.09. The van der Waals surface area contributed by atoms with Crippen LogP contribution in [-0.2, 0) is 4.79 Å². The first-order valence-electron chi connectivity index (χ1n) is 9.26. The number of carbonyl (C=O) groups is 1. The number of carbonyl (C=O) groups excluding carboxylic acids is 1. The zero-order chi connectivity index (χ0) is 16.7. The third-order valence-corrected chi connectivity index (χ3v) is 7.19.